The van der Waals surface area contributed by atoms with Crippen molar-refractivity contribution in [2.24, 2.45) is 0 Å². The van der Waals surface area contributed by atoms with Crippen LogP contribution in [0.25, 0.3) is 0 Å². The molecule has 0 bridgehead atoms. The molecule has 0 radical (unpaired) electrons. The Hall–Kier alpha value is -2.05. The van der Waals surface area contributed by atoms with Crippen molar-refractivity contribution in [3.63, 3.8) is 0 Å². The normalized spacial score (nSPS) is 18.5. The molecule has 2 aromatic rings. The van der Waals surface area contributed by atoms with Crippen molar-refractivity contribution in [1.29, 1.82) is 0 Å². The molecule has 0 amide bonds. The second kappa shape index (κ2) is 6.83. The van der Waals surface area contributed by atoms with Crippen LogP contribution in [-0.4, -0.2) is 34.8 Å². The number of aromatic nitrogens is 2. The van der Waals surface area contributed by atoms with Gasteiger partial charge in [-0.05, 0) is 43.5 Å². The quantitative estimate of drug-likeness (QED) is 0.867. The first kappa shape index (κ1) is 16.8. The summed E-state index contributed by atoms with van der Waals surface area (Å²) in [6.07, 6.45) is 0.870. The summed E-state index contributed by atoms with van der Waals surface area (Å²) in [7, 11) is 0. The van der Waals surface area contributed by atoms with Gasteiger partial charge in [-0.25, -0.2) is 4.98 Å². The Morgan fingerprint density at radius 1 is 1.29 bits per heavy atom. The number of rotatable bonds is 2. The topological polar surface area (TPSA) is 84.5 Å². The van der Waals surface area contributed by atoms with E-state index in [1.807, 2.05) is 19.9 Å². The lowest BCUT2D eigenvalue weighted by atomic mass is 10.0. The maximum atomic E-state index is 10.1. The van der Waals surface area contributed by atoms with Crippen LogP contribution in [0.5, 0.6) is 5.75 Å². The minimum Gasteiger partial charge on any atom is -0.508 e. The summed E-state index contributed by atoms with van der Waals surface area (Å²) < 4.78 is 5.74. The number of phenolic OH excluding ortho intramolecular Hbond substituents is 1. The van der Waals surface area contributed by atoms with Crippen molar-refractivity contribution in [3.05, 3.63) is 40.0 Å². The van der Waals surface area contributed by atoms with Gasteiger partial charge in [-0.1, -0.05) is 11.6 Å². The molecule has 1 aliphatic rings. The van der Waals surface area contributed by atoms with Crippen molar-refractivity contribution in [2.45, 2.75) is 26.3 Å². The molecule has 6 nitrogen and oxygen atoms in total. The maximum absolute atomic E-state index is 10.1. The molecule has 1 atom stereocenters. The molecule has 0 saturated carbocycles. The number of nitrogens with two attached hydrogens (primary N) is 1. The van der Waals surface area contributed by atoms with Crippen LogP contribution in [0, 0.1) is 13.8 Å². The first-order chi connectivity index (χ1) is 11.5. The van der Waals surface area contributed by atoms with Gasteiger partial charge in [0.15, 0.2) is 0 Å². The number of nitrogens with zero attached hydrogens (tertiary/aromatic N) is 3. The van der Waals surface area contributed by atoms with E-state index in [1.165, 1.54) is 0 Å². The first-order valence-corrected chi connectivity index (χ1v) is 8.28. The van der Waals surface area contributed by atoms with E-state index in [1.54, 1.807) is 12.1 Å². The molecule has 0 aliphatic carbocycles. The third-order valence-corrected chi connectivity index (χ3v) is 4.49. The number of phenols is 1. The van der Waals surface area contributed by atoms with E-state index >= 15 is 0 Å². The third-order valence-electron chi connectivity index (χ3n) is 4.17. The molecule has 7 heteroatoms. The molecule has 3 rings (SSSR count). The summed E-state index contributed by atoms with van der Waals surface area (Å²) in [5.74, 6) is 1.20. The summed E-state index contributed by atoms with van der Waals surface area (Å²) in [4.78, 5) is 10.6. The Bertz CT molecular complexity index is 733. The summed E-state index contributed by atoms with van der Waals surface area (Å²) >= 11 is 6.45. The van der Waals surface area contributed by atoms with Crippen molar-refractivity contribution >= 4 is 23.4 Å². The molecular formula is C17H21ClN4O2. The fraction of sp³-hybridized carbons (Fsp3) is 0.412. The van der Waals surface area contributed by atoms with E-state index in [-0.39, 0.29) is 17.7 Å². The number of benzene rings is 1. The van der Waals surface area contributed by atoms with E-state index in [4.69, 9.17) is 22.1 Å². The average Bonchev–Trinajstić information content (AvgIpc) is 2.75. The number of anilines is 2. The Morgan fingerprint density at radius 3 is 2.83 bits per heavy atom. The number of nitrogen functional groups attached to an aromatic ring is 1. The molecule has 0 unspecified atom stereocenters. The van der Waals surface area contributed by atoms with Gasteiger partial charge in [-0.3, -0.25) is 0 Å². The molecule has 2 heterocycles. The van der Waals surface area contributed by atoms with Gasteiger partial charge in [0.1, 0.15) is 11.6 Å². The maximum Gasteiger partial charge on any atom is 0.222 e. The van der Waals surface area contributed by atoms with E-state index in [9.17, 15) is 5.11 Å². The molecule has 128 valence electrons. The summed E-state index contributed by atoms with van der Waals surface area (Å²) in [6, 6.07) is 5.23. The van der Waals surface area contributed by atoms with Crippen LogP contribution < -0.4 is 10.6 Å². The molecule has 3 N–H and O–H groups in total. The second-order valence-corrected chi connectivity index (χ2v) is 6.43. The molecule has 1 fully saturated rings. The van der Waals surface area contributed by atoms with Crippen LogP contribution in [0.3, 0.4) is 0 Å². The Morgan fingerprint density at radius 2 is 2.08 bits per heavy atom. The van der Waals surface area contributed by atoms with Gasteiger partial charge in [0, 0.05) is 29.9 Å². The van der Waals surface area contributed by atoms with Crippen molar-refractivity contribution in [2.75, 3.05) is 30.4 Å². The zero-order chi connectivity index (χ0) is 17.3. The highest BCUT2D eigenvalue weighted by atomic mass is 35.5. The minimum atomic E-state index is -0.153. The van der Waals surface area contributed by atoms with Crippen LogP contribution in [0.4, 0.5) is 11.8 Å². The van der Waals surface area contributed by atoms with Gasteiger partial charge in [-0.2, -0.15) is 4.98 Å². The first-order valence-electron chi connectivity index (χ1n) is 7.90. The lowest BCUT2D eigenvalue weighted by molar-refractivity contribution is 0.134. The lowest BCUT2D eigenvalue weighted by Crippen LogP contribution is -2.32. The highest BCUT2D eigenvalue weighted by molar-refractivity contribution is 6.31. The van der Waals surface area contributed by atoms with E-state index < -0.39 is 0 Å². The van der Waals surface area contributed by atoms with Gasteiger partial charge >= 0.3 is 0 Å². The zero-order valence-electron chi connectivity index (χ0n) is 13.8. The van der Waals surface area contributed by atoms with E-state index in [0.29, 0.717) is 18.2 Å². The van der Waals surface area contributed by atoms with Gasteiger partial charge in [0.05, 0.1) is 12.6 Å². The minimum absolute atomic E-state index is 0.153. The third kappa shape index (κ3) is 3.39. The molecule has 1 aliphatic heterocycles. The monoisotopic (exact) mass is 348 g/mol. The fourth-order valence-corrected chi connectivity index (χ4v) is 3.31. The van der Waals surface area contributed by atoms with Crippen molar-refractivity contribution in [1.82, 2.24) is 9.97 Å². The van der Waals surface area contributed by atoms with Crippen LogP contribution >= 0.6 is 11.6 Å². The molecule has 0 spiro atoms. The smallest absolute Gasteiger partial charge is 0.222 e. The van der Waals surface area contributed by atoms with Crippen LogP contribution in [0.2, 0.25) is 5.02 Å². The van der Waals surface area contributed by atoms with E-state index in [2.05, 4.69) is 14.9 Å². The fourth-order valence-electron chi connectivity index (χ4n) is 2.96. The van der Waals surface area contributed by atoms with Gasteiger partial charge < -0.3 is 20.5 Å². The summed E-state index contributed by atoms with van der Waals surface area (Å²) in [5.41, 5.74) is 8.18. The SMILES string of the molecule is Cc1cc(N2CCCOC[C@@H]2c2cc(O)c(C)cc2Cl)nc(N)n1. The van der Waals surface area contributed by atoms with Crippen molar-refractivity contribution < 1.29 is 9.84 Å². The molecule has 1 aromatic carbocycles. The number of hydrogen-bond acceptors (Lipinski definition) is 6. The molecule has 24 heavy (non-hydrogen) atoms. The average molecular weight is 349 g/mol. The van der Waals surface area contributed by atoms with Gasteiger partial charge in [-0.15, -0.1) is 0 Å². The number of hydrogen-bond donors (Lipinski definition) is 2. The van der Waals surface area contributed by atoms with Gasteiger partial charge in [0.2, 0.25) is 5.95 Å². The highest BCUT2D eigenvalue weighted by Crippen LogP contribution is 2.36. The summed E-state index contributed by atoms with van der Waals surface area (Å²) in [5, 5.41) is 10.7. The predicted octanol–water partition coefficient (Wildman–Crippen LogP) is 3.00. The van der Waals surface area contributed by atoms with Gasteiger partial charge in [0.25, 0.3) is 0 Å². The summed E-state index contributed by atoms with van der Waals surface area (Å²) in [6.45, 7) is 5.59. The highest BCUT2D eigenvalue weighted by Gasteiger charge is 2.27. The number of ether oxygens (including phenoxy) is 1. The molecule has 1 saturated heterocycles. The lowest BCUT2D eigenvalue weighted by Gasteiger charge is -2.31. The molecule has 1 aromatic heterocycles. The Labute approximate surface area is 146 Å². The standard InChI is InChI=1S/C17H21ClN4O2/c1-10-6-13(18)12(8-15(10)23)14-9-24-5-3-4-22(14)16-7-11(2)20-17(19)21-16/h6-8,14,23H,3-5,9H2,1-2H3,(H2,19,20,21)/t14-/m1/s1. The van der Waals surface area contributed by atoms with Crippen LogP contribution in [-0.2, 0) is 4.74 Å². The zero-order valence-corrected chi connectivity index (χ0v) is 14.5. The number of halogens is 1. The largest absolute Gasteiger partial charge is 0.508 e. The second-order valence-electron chi connectivity index (χ2n) is 6.02. The Balaban J connectivity index is 2.06. The molecular weight excluding hydrogens is 328 g/mol. The van der Waals surface area contributed by atoms with Crippen LogP contribution in [0.1, 0.15) is 29.3 Å². The number of aryl methyl sites for hydroxylation is 2. The number of aromatic hydroxyl groups is 1. The predicted molar refractivity (Wildman–Crippen MR) is 94.6 cm³/mol. The van der Waals surface area contributed by atoms with Crippen LogP contribution in [0.15, 0.2) is 18.2 Å². The Kier molecular flexibility index (Phi) is 4.78. The van der Waals surface area contributed by atoms with E-state index in [0.717, 1.165) is 35.6 Å². The van der Waals surface area contributed by atoms with Crippen molar-refractivity contribution in [3.8, 4) is 5.75 Å².